The van der Waals surface area contributed by atoms with E-state index in [1.54, 1.807) is 0 Å². The van der Waals surface area contributed by atoms with Gasteiger partial charge in [-0.1, -0.05) is 12.2 Å². The minimum Gasteiger partial charge on any atom is -0.192 e. The molecule has 1 aliphatic rings. The number of alkyl halides is 6. The Kier molecular flexibility index (Phi) is 1.92. The van der Waals surface area contributed by atoms with Crippen LogP contribution < -0.4 is 0 Å². The lowest BCUT2D eigenvalue weighted by Gasteiger charge is -2.20. The van der Waals surface area contributed by atoms with E-state index in [0.29, 0.717) is 0 Å². The Labute approximate surface area is 72.3 Å². The van der Waals surface area contributed by atoms with Crippen LogP contribution in [0.1, 0.15) is 0 Å². The largest absolute Gasteiger partial charge is 0.387 e. The van der Waals surface area contributed by atoms with Crippen molar-refractivity contribution in [3.8, 4) is 0 Å². The maximum atomic E-state index is 12.2. The van der Waals surface area contributed by atoms with Crippen LogP contribution in [0.5, 0.6) is 0 Å². The Balaban J connectivity index is 3.19. The number of rotatable bonds is 0. The van der Waals surface area contributed by atoms with Crippen LogP contribution in [0.25, 0.3) is 0 Å². The molecule has 0 aromatic heterocycles. The first-order valence-corrected chi connectivity index (χ1v) is 3.72. The van der Waals surface area contributed by atoms with Crippen LogP contribution in [0.2, 0.25) is 0 Å². The summed E-state index contributed by atoms with van der Waals surface area (Å²) in [6, 6.07) is 0. The van der Waals surface area contributed by atoms with Gasteiger partial charge < -0.3 is 0 Å². The fourth-order valence-electron chi connectivity index (χ4n) is 0.556. The van der Waals surface area contributed by atoms with Crippen LogP contribution >= 0.6 is 24.0 Å². The van der Waals surface area contributed by atoms with Gasteiger partial charge in [0.25, 0.3) is 0 Å². The molecule has 1 rings (SSSR count). The van der Waals surface area contributed by atoms with Crippen LogP contribution in [-0.2, 0) is 0 Å². The lowest BCUT2D eigenvalue weighted by molar-refractivity contribution is -0.238. The summed E-state index contributed by atoms with van der Waals surface area (Å²) in [6.07, 6.45) is 0. The molecule has 0 aromatic rings. The summed E-state index contributed by atoms with van der Waals surface area (Å²) >= 11 is 2.74. The van der Waals surface area contributed by atoms with Gasteiger partial charge in [-0.25, -0.2) is 0 Å². The zero-order valence-electron chi connectivity index (χ0n) is 5.08. The van der Waals surface area contributed by atoms with Crippen molar-refractivity contribution < 1.29 is 26.3 Å². The van der Waals surface area contributed by atoms with Gasteiger partial charge in [0.05, 0.1) is 0 Å². The van der Waals surface area contributed by atoms with Crippen molar-refractivity contribution in [1.82, 2.24) is 0 Å². The smallest absolute Gasteiger partial charge is 0.192 e. The molecule has 1 heterocycles. The number of halogens is 6. The van der Waals surface area contributed by atoms with Crippen molar-refractivity contribution in [3.05, 3.63) is 0 Å². The zero-order valence-corrected chi connectivity index (χ0v) is 6.72. The second-order valence-corrected chi connectivity index (χ2v) is 3.85. The molecule has 0 nitrogen and oxygen atoms in total. The van der Waals surface area contributed by atoms with E-state index in [4.69, 9.17) is 0 Å². The maximum absolute atomic E-state index is 12.2. The first-order valence-electron chi connectivity index (χ1n) is 2.50. The Morgan fingerprint density at radius 2 is 1.42 bits per heavy atom. The minimum atomic E-state index is -5.39. The molecule has 0 unspecified atom stereocenters. The highest BCUT2D eigenvalue weighted by Gasteiger charge is 2.80. The first kappa shape index (κ1) is 10.1. The van der Waals surface area contributed by atoms with Gasteiger partial charge in [0.2, 0.25) is 0 Å². The summed E-state index contributed by atoms with van der Waals surface area (Å²) in [5, 5.41) is -4.81. The van der Waals surface area contributed by atoms with E-state index < -0.39 is 33.1 Å². The Morgan fingerprint density at radius 3 is 1.50 bits per heavy atom. The van der Waals surface area contributed by atoms with Crippen molar-refractivity contribution >= 4 is 28.2 Å². The standard InChI is InChI=1S/C4F6S2/c5-2(6)1(11)12-4(9,10)3(2,7)8. The molecule has 1 fully saturated rings. The summed E-state index contributed by atoms with van der Waals surface area (Å²) in [5.74, 6) is -10.3. The third-order valence-electron chi connectivity index (χ3n) is 1.24. The topological polar surface area (TPSA) is 0 Å². The highest BCUT2D eigenvalue weighted by Crippen LogP contribution is 2.60. The molecule has 0 aliphatic carbocycles. The van der Waals surface area contributed by atoms with E-state index >= 15 is 0 Å². The molecule has 0 saturated carbocycles. The Morgan fingerprint density at radius 1 is 1.00 bits per heavy atom. The molecule has 0 spiro atoms. The average Bonchev–Trinajstić information content (AvgIpc) is 1.92. The van der Waals surface area contributed by atoms with E-state index in [1.807, 2.05) is 0 Å². The SMILES string of the molecule is FC1(F)SC(=S)C(F)(F)C1(F)F. The van der Waals surface area contributed by atoms with E-state index in [-0.39, 0.29) is 0 Å². The average molecular weight is 226 g/mol. The van der Waals surface area contributed by atoms with Crippen molar-refractivity contribution in [3.63, 3.8) is 0 Å². The fraction of sp³-hybridized carbons (Fsp3) is 0.750. The van der Waals surface area contributed by atoms with Crippen molar-refractivity contribution in [2.45, 2.75) is 17.1 Å². The third kappa shape index (κ3) is 0.968. The van der Waals surface area contributed by atoms with Gasteiger partial charge in [-0.2, -0.15) is 26.3 Å². The zero-order chi connectivity index (χ0) is 9.78. The Bertz CT molecular complexity index is 234. The molecule has 12 heavy (non-hydrogen) atoms. The van der Waals surface area contributed by atoms with E-state index in [0.717, 1.165) is 0 Å². The van der Waals surface area contributed by atoms with Crippen LogP contribution in [0, 0.1) is 0 Å². The molecule has 0 radical (unpaired) electrons. The number of thioether (sulfide) groups is 1. The van der Waals surface area contributed by atoms with Crippen LogP contribution in [0.4, 0.5) is 26.3 Å². The molecule has 0 N–H and O–H groups in total. The molecule has 0 amide bonds. The monoisotopic (exact) mass is 226 g/mol. The van der Waals surface area contributed by atoms with Crippen molar-refractivity contribution in [2.24, 2.45) is 0 Å². The molecular formula is C4F6S2. The van der Waals surface area contributed by atoms with Crippen molar-refractivity contribution in [2.75, 3.05) is 0 Å². The third-order valence-corrected chi connectivity index (χ3v) is 2.70. The highest BCUT2D eigenvalue weighted by atomic mass is 32.2. The molecule has 8 heteroatoms. The number of hydrogen-bond acceptors (Lipinski definition) is 2. The number of hydrogen-bond donors (Lipinski definition) is 0. The molecule has 70 valence electrons. The lowest BCUT2D eigenvalue weighted by Crippen LogP contribution is -2.47. The van der Waals surface area contributed by atoms with Crippen LogP contribution in [0.3, 0.4) is 0 Å². The molecule has 0 bridgehead atoms. The molecular weight excluding hydrogens is 226 g/mol. The normalized spacial score (nSPS) is 30.7. The number of thiocarbonyl (C=S) groups is 1. The lowest BCUT2D eigenvalue weighted by atomic mass is 10.2. The molecule has 0 aromatic carbocycles. The predicted octanol–water partition coefficient (Wildman–Crippen LogP) is 2.92. The van der Waals surface area contributed by atoms with E-state index in [9.17, 15) is 26.3 Å². The van der Waals surface area contributed by atoms with E-state index in [1.165, 1.54) is 0 Å². The fourth-order valence-corrected chi connectivity index (χ4v) is 1.74. The molecule has 1 saturated heterocycles. The summed E-state index contributed by atoms with van der Waals surface area (Å²) in [5.41, 5.74) is 0. The van der Waals surface area contributed by atoms with Gasteiger partial charge in [-0.3, -0.25) is 0 Å². The van der Waals surface area contributed by atoms with Gasteiger partial charge in [0, 0.05) is 0 Å². The van der Waals surface area contributed by atoms with Gasteiger partial charge in [-0.05, 0) is 11.8 Å². The molecule has 0 atom stereocenters. The van der Waals surface area contributed by atoms with Crippen molar-refractivity contribution in [1.29, 1.82) is 0 Å². The molecule has 1 aliphatic heterocycles. The second kappa shape index (κ2) is 2.28. The summed E-state index contributed by atoms with van der Waals surface area (Å²) in [7, 11) is 0. The van der Waals surface area contributed by atoms with Gasteiger partial charge in [0.15, 0.2) is 0 Å². The van der Waals surface area contributed by atoms with Gasteiger partial charge in [-0.15, -0.1) is 0 Å². The van der Waals surface area contributed by atoms with E-state index in [2.05, 4.69) is 12.2 Å². The predicted molar refractivity (Wildman–Crippen MR) is 35.0 cm³/mol. The maximum Gasteiger partial charge on any atom is 0.387 e. The first-order chi connectivity index (χ1) is 5.13. The van der Waals surface area contributed by atoms with Gasteiger partial charge >= 0.3 is 17.1 Å². The van der Waals surface area contributed by atoms with Crippen LogP contribution in [0.15, 0.2) is 0 Å². The highest BCUT2D eigenvalue weighted by molar-refractivity contribution is 8.24. The summed E-state index contributed by atoms with van der Waals surface area (Å²) in [6.45, 7) is 0. The summed E-state index contributed by atoms with van der Waals surface area (Å²) < 4.78 is 71.3. The second-order valence-electron chi connectivity index (χ2n) is 2.06. The summed E-state index contributed by atoms with van der Waals surface area (Å²) in [4.78, 5) is 0. The quantitative estimate of drug-likeness (QED) is 0.460. The van der Waals surface area contributed by atoms with Gasteiger partial charge in [0.1, 0.15) is 4.20 Å². The minimum absolute atomic E-state index is 0.965. The van der Waals surface area contributed by atoms with Crippen LogP contribution in [-0.4, -0.2) is 21.3 Å². The Hall–Kier alpha value is 0.0200.